The highest BCUT2D eigenvalue weighted by atomic mass is 16.3. The third-order valence-corrected chi connectivity index (χ3v) is 6.70. The summed E-state index contributed by atoms with van der Waals surface area (Å²) in [5.41, 5.74) is 2.24. The lowest BCUT2D eigenvalue weighted by atomic mass is 9.94. The van der Waals surface area contributed by atoms with Crippen LogP contribution in [0.1, 0.15) is 50.7 Å². The Morgan fingerprint density at radius 1 is 1.12 bits per heavy atom. The molecule has 3 rings (SSSR count). The Bertz CT molecular complexity index is 962. The Labute approximate surface area is 205 Å². The summed E-state index contributed by atoms with van der Waals surface area (Å²) in [4.78, 5) is 18.6. The van der Waals surface area contributed by atoms with Gasteiger partial charge in [0.1, 0.15) is 5.75 Å². The molecule has 1 N–H and O–H groups in total. The second-order valence-electron chi connectivity index (χ2n) is 9.75. The number of hydrogen-bond acceptors (Lipinski definition) is 3. The van der Waals surface area contributed by atoms with Crippen LogP contribution in [0.4, 0.5) is 0 Å². The van der Waals surface area contributed by atoms with Gasteiger partial charge in [0.05, 0.1) is 12.6 Å². The Morgan fingerprint density at radius 2 is 1.82 bits per heavy atom. The van der Waals surface area contributed by atoms with Crippen molar-refractivity contribution >= 4 is 5.91 Å². The van der Waals surface area contributed by atoms with Crippen molar-refractivity contribution in [1.29, 1.82) is 0 Å². The Hall–Kier alpha value is -3.03. The molecule has 0 spiro atoms. The molecule has 1 heterocycles. The number of amides is 1. The van der Waals surface area contributed by atoms with Crippen LogP contribution >= 0.6 is 0 Å². The molecule has 34 heavy (non-hydrogen) atoms. The van der Waals surface area contributed by atoms with E-state index in [0.29, 0.717) is 19.0 Å². The minimum atomic E-state index is -0.247. The lowest BCUT2D eigenvalue weighted by Crippen LogP contribution is -2.50. The van der Waals surface area contributed by atoms with Gasteiger partial charge in [0.25, 0.3) is 0 Å². The van der Waals surface area contributed by atoms with Gasteiger partial charge in [-0.2, -0.15) is 0 Å². The molecule has 0 bridgehead atoms. The number of carbonyl (C=O) groups excluding carboxylic acids is 1. The fourth-order valence-electron chi connectivity index (χ4n) is 5.05. The smallest absolute Gasteiger partial charge is 0.240 e. The Morgan fingerprint density at radius 3 is 2.44 bits per heavy atom. The van der Waals surface area contributed by atoms with Crippen molar-refractivity contribution in [3.63, 3.8) is 0 Å². The molecule has 0 unspecified atom stereocenters. The predicted molar refractivity (Wildman–Crippen MR) is 139 cm³/mol. The van der Waals surface area contributed by atoms with Crippen LogP contribution in [0.2, 0.25) is 0 Å². The summed E-state index contributed by atoms with van der Waals surface area (Å²) in [5.74, 6) is 3.59. The van der Waals surface area contributed by atoms with E-state index >= 15 is 0 Å². The minimum absolute atomic E-state index is 0.0518. The van der Waals surface area contributed by atoms with Crippen LogP contribution in [-0.4, -0.2) is 45.5 Å². The average molecular weight is 459 g/mol. The van der Waals surface area contributed by atoms with E-state index in [-0.39, 0.29) is 29.8 Å². The molecular formula is C30H38N2O2. The molecule has 0 saturated carbocycles. The normalized spacial score (nSPS) is 21.3. The van der Waals surface area contributed by atoms with Gasteiger partial charge in [0.15, 0.2) is 0 Å². The van der Waals surface area contributed by atoms with Crippen LogP contribution in [0, 0.1) is 18.3 Å². The van der Waals surface area contributed by atoms with E-state index in [1.165, 1.54) is 5.56 Å². The third kappa shape index (κ3) is 6.74. The molecule has 1 saturated heterocycles. The second kappa shape index (κ2) is 12.4. The molecule has 2 aromatic rings. The van der Waals surface area contributed by atoms with Crippen molar-refractivity contribution in [3.8, 4) is 18.1 Å². The van der Waals surface area contributed by atoms with Crippen molar-refractivity contribution in [2.75, 3.05) is 6.54 Å². The highest BCUT2D eigenvalue weighted by Gasteiger charge is 2.41. The van der Waals surface area contributed by atoms with E-state index in [1.54, 1.807) is 12.1 Å². The summed E-state index contributed by atoms with van der Waals surface area (Å²) in [5, 5.41) is 9.74. The number of benzene rings is 2. The third-order valence-electron chi connectivity index (χ3n) is 6.70. The number of allylic oxidation sites excluding steroid dienone is 1. The highest BCUT2D eigenvalue weighted by Crippen LogP contribution is 2.31. The number of carbonyl (C=O) groups is 1. The maximum Gasteiger partial charge on any atom is 0.240 e. The number of terminal acetylenes is 1. The lowest BCUT2D eigenvalue weighted by molar-refractivity contribution is -0.138. The summed E-state index contributed by atoms with van der Waals surface area (Å²) < 4.78 is 0. The molecular weight excluding hydrogens is 420 g/mol. The number of phenols is 1. The van der Waals surface area contributed by atoms with Crippen molar-refractivity contribution in [2.24, 2.45) is 5.92 Å². The fraction of sp³-hybridized carbons (Fsp3) is 0.433. The first-order chi connectivity index (χ1) is 16.4. The first-order valence-electron chi connectivity index (χ1n) is 12.3. The van der Waals surface area contributed by atoms with Crippen LogP contribution in [0.25, 0.3) is 0 Å². The predicted octanol–water partition coefficient (Wildman–Crippen LogP) is 5.42. The molecule has 4 nitrogen and oxygen atoms in total. The minimum Gasteiger partial charge on any atom is -0.508 e. The van der Waals surface area contributed by atoms with E-state index in [9.17, 15) is 9.90 Å². The first kappa shape index (κ1) is 25.6. The molecule has 0 aliphatic carbocycles. The lowest BCUT2D eigenvalue weighted by Gasteiger charge is -2.35. The zero-order chi connectivity index (χ0) is 24.5. The van der Waals surface area contributed by atoms with Crippen LogP contribution < -0.4 is 0 Å². The Balaban J connectivity index is 2.03. The molecule has 180 valence electrons. The summed E-state index contributed by atoms with van der Waals surface area (Å²) in [6.07, 6.45) is 12.0. The molecule has 1 amide bonds. The zero-order valence-corrected chi connectivity index (χ0v) is 20.6. The van der Waals surface area contributed by atoms with Crippen molar-refractivity contribution in [1.82, 2.24) is 9.80 Å². The van der Waals surface area contributed by atoms with Gasteiger partial charge in [-0.1, -0.05) is 68.3 Å². The van der Waals surface area contributed by atoms with Crippen LogP contribution in [0.15, 0.2) is 67.3 Å². The molecule has 2 aromatic carbocycles. The molecule has 1 aliphatic rings. The molecule has 3 atom stereocenters. The quantitative estimate of drug-likeness (QED) is 0.382. The first-order valence-corrected chi connectivity index (χ1v) is 12.3. The van der Waals surface area contributed by atoms with Gasteiger partial charge < -0.3 is 10.0 Å². The molecule has 0 aromatic heterocycles. The Kier molecular flexibility index (Phi) is 9.36. The fourth-order valence-corrected chi connectivity index (χ4v) is 5.05. The SMILES string of the molecule is C#CCN1[C@H](CCC=C)C[C@H](Cc2ccccc2)N(Cc2ccc(O)cc2)C(=O)[C@@H]1CC(C)C. The maximum atomic E-state index is 14.2. The van der Waals surface area contributed by atoms with Gasteiger partial charge in [-0.3, -0.25) is 9.69 Å². The van der Waals surface area contributed by atoms with Crippen molar-refractivity contribution in [2.45, 2.75) is 70.6 Å². The number of nitrogens with zero attached hydrogens (tertiary/aromatic N) is 2. The molecule has 1 fully saturated rings. The highest BCUT2D eigenvalue weighted by molar-refractivity contribution is 5.82. The van der Waals surface area contributed by atoms with E-state index < -0.39 is 0 Å². The van der Waals surface area contributed by atoms with E-state index in [2.05, 4.69) is 60.4 Å². The van der Waals surface area contributed by atoms with Gasteiger partial charge in [-0.25, -0.2) is 0 Å². The summed E-state index contributed by atoms with van der Waals surface area (Å²) in [6.45, 7) is 9.24. The van der Waals surface area contributed by atoms with Gasteiger partial charge in [0, 0.05) is 18.6 Å². The monoisotopic (exact) mass is 458 g/mol. The van der Waals surface area contributed by atoms with Crippen LogP contribution in [-0.2, 0) is 17.8 Å². The standard InChI is InChI=1S/C30H38N2O2/c1-5-7-13-26-21-27(20-24-11-9-8-10-12-24)32(22-25-14-16-28(33)17-15-25)30(34)29(19-23(3)4)31(26)18-6-2/h2,5,8-12,14-17,23,26-27,29,33H,1,7,13,18-22H2,3-4H3/t26-,27+,29+/m1/s1. The number of aromatic hydroxyl groups is 1. The van der Waals surface area contributed by atoms with Gasteiger partial charge in [0.2, 0.25) is 5.91 Å². The molecule has 4 heteroatoms. The van der Waals surface area contributed by atoms with Crippen molar-refractivity contribution < 1.29 is 9.90 Å². The van der Waals surface area contributed by atoms with Crippen LogP contribution in [0.5, 0.6) is 5.75 Å². The van der Waals surface area contributed by atoms with Gasteiger partial charge in [-0.15, -0.1) is 13.0 Å². The summed E-state index contributed by atoms with van der Waals surface area (Å²) >= 11 is 0. The topological polar surface area (TPSA) is 43.8 Å². The van der Waals surface area contributed by atoms with Gasteiger partial charge in [-0.05, 0) is 61.3 Å². The second-order valence-corrected chi connectivity index (χ2v) is 9.75. The van der Waals surface area contributed by atoms with E-state index in [0.717, 1.165) is 37.7 Å². The van der Waals surface area contributed by atoms with Gasteiger partial charge >= 0.3 is 0 Å². The van der Waals surface area contributed by atoms with E-state index in [1.807, 2.05) is 24.3 Å². The molecule has 1 aliphatic heterocycles. The van der Waals surface area contributed by atoms with Crippen molar-refractivity contribution in [3.05, 3.63) is 78.4 Å². The number of hydrogen-bond donors (Lipinski definition) is 1. The number of phenolic OH excluding ortho intramolecular Hbond substituents is 1. The summed E-state index contributed by atoms with van der Waals surface area (Å²) in [6, 6.07) is 17.6. The maximum absolute atomic E-state index is 14.2. The van der Waals surface area contributed by atoms with Crippen LogP contribution in [0.3, 0.4) is 0 Å². The average Bonchev–Trinajstić information content (AvgIpc) is 2.91. The van der Waals surface area contributed by atoms with E-state index in [4.69, 9.17) is 6.42 Å². The zero-order valence-electron chi connectivity index (χ0n) is 20.6. The largest absolute Gasteiger partial charge is 0.508 e. The number of rotatable bonds is 10. The summed E-state index contributed by atoms with van der Waals surface area (Å²) in [7, 11) is 0. The molecule has 0 radical (unpaired) electrons.